The van der Waals surface area contributed by atoms with Gasteiger partial charge in [-0.2, -0.15) is 0 Å². The standard InChI is InChI=1S/C10H19NO2/c1-2-13-9(12)10(7-8-11)5-3-4-6-10/h2-8,11H2,1H3. The minimum absolute atomic E-state index is 0.0297. The van der Waals surface area contributed by atoms with Crippen LogP contribution >= 0.6 is 0 Å². The van der Waals surface area contributed by atoms with Crippen LogP contribution in [0.25, 0.3) is 0 Å². The van der Waals surface area contributed by atoms with Gasteiger partial charge in [0.25, 0.3) is 0 Å². The Bertz CT molecular complexity index is 174. The minimum Gasteiger partial charge on any atom is -0.466 e. The molecular weight excluding hydrogens is 166 g/mol. The van der Waals surface area contributed by atoms with Gasteiger partial charge in [-0.05, 0) is 32.7 Å². The van der Waals surface area contributed by atoms with Crippen molar-refractivity contribution in [3.63, 3.8) is 0 Å². The maximum atomic E-state index is 11.7. The van der Waals surface area contributed by atoms with Crippen LogP contribution in [-0.2, 0) is 9.53 Å². The van der Waals surface area contributed by atoms with E-state index in [-0.39, 0.29) is 11.4 Å². The van der Waals surface area contributed by atoms with Crippen LogP contribution in [0, 0.1) is 5.41 Å². The van der Waals surface area contributed by atoms with E-state index in [1.54, 1.807) is 0 Å². The molecule has 1 rings (SSSR count). The van der Waals surface area contributed by atoms with Gasteiger partial charge in [-0.15, -0.1) is 0 Å². The van der Waals surface area contributed by atoms with Crippen LogP contribution in [0.3, 0.4) is 0 Å². The molecule has 3 heteroatoms. The van der Waals surface area contributed by atoms with Gasteiger partial charge in [0.2, 0.25) is 0 Å². The summed E-state index contributed by atoms with van der Waals surface area (Å²) in [4.78, 5) is 11.7. The molecule has 76 valence electrons. The van der Waals surface area contributed by atoms with Crippen LogP contribution in [0.1, 0.15) is 39.0 Å². The van der Waals surface area contributed by atoms with Gasteiger partial charge in [0.15, 0.2) is 0 Å². The topological polar surface area (TPSA) is 52.3 Å². The normalized spacial score (nSPS) is 20.2. The highest BCUT2D eigenvalue weighted by molar-refractivity contribution is 5.77. The Balaban J connectivity index is 2.60. The van der Waals surface area contributed by atoms with Crippen LogP contribution in [0.15, 0.2) is 0 Å². The van der Waals surface area contributed by atoms with Crippen LogP contribution < -0.4 is 5.73 Å². The van der Waals surface area contributed by atoms with Crippen molar-refractivity contribution < 1.29 is 9.53 Å². The summed E-state index contributed by atoms with van der Waals surface area (Å²) in [6.07, 6.45) is 4.98. The molecule has 0 amide bonds. The van der Waals surface area contributed by atoms with Crippen molar-refractivity contribution in [2.24, 2.45) is 11.1 Å². The third-order valence-corrected chi connectivity index (χ3v) is 2.89. The lowest BCUT2D eigenvalue weighted by Crippen LogP contribution is -2.32. The summed E-state index contributed by atoms with van der Waals surface area (Å²) in [7, 11) is 0. The molecular formula is C10H19NO2. The quantitative estimate of drug-likeness (QED) is 0.674. The van der Waals surface area contributed by atoms with Gasteiger partial charge < -0.3 is 10.5 Å². The molecule has 1 saturated carbocycles. The fourth-order valence-corrected chi connectivity index (χ4v) is 2.17. The number of nitrogens with two attached hydrogens (primary N) is 1. The molecule has 0 aromatic carbocycles. The summed E-state index contributed by atoms with van der Waals surface area (Å²) in [6.45, 7) is 2.91. The van der Waals surface area contributed by atoms with E-state index in [4.69, 9.17) is 10.5 Å². The van der Waals surface area contributed by atoms with Gasteiger partial charge in [0, 0.05) is 0 Å². The Morgan fingerprint density at radius 1 is 1.46 bits per heavy atom. The summed E-state index contributed by atoms with van der Waals surface area (Å²) < 4.78 is 5.09. The summed E-state index contributed by atoms with van der Waals surface area (Å²) in [6, 6.07) is 0. The molecule has 0 saturated heterocycles. The SMILES string of the molecule is CCOC(=O)C1(CCN)CCCC1. The highest BCUT2D eigenvalue weighted by Crippen LogP contribution is 2.41. The number of rotatable bonds is 4. The molecule has 1 aliphatic carbocycles. The van der Waals surface area contributed by atoms with Gasteiger partial charge in [0.05, 0.1) is 12.0 Å². The van der Waals surface area contributed by atoms with Gasteiger partial charge in [0.1, 0.15) is 0 Å². The first kappa shape index (κ1) is 10.5. The third kappa shape index (κ3) is 2.21. The van der Waals surface area contributed by atoms with E-state index < -0.39 is 0 Å². The first-order valence-corrected chi connectivity index (χ1v) is 5.12. The van der Waals surface area contributed by atoms with Crippen LogP contribution in [0.2, 0.25) is 0 Å². The van der Waals surface area contributed by atoms with Crippen molar-refractivity contribution in [1.29, 1.82) is 0 Å². The van der Waals surface area contributed by atoms with Crippen LogP contribution in [0.5, 0.6) is 0 Å². The van der Waals surface area contributed by atoms with E-state index >= 15 is 0 Å². The Morgan fingerprint density at radius 2 is 2.08 bits per heavy atom. The molecule has 1 fully saturated rings. The second-order valence-electron chi connectivity index (χ2n) is 3.75. The fraction of sp³-hybridized carbons (Fsp3) is 0.900. The van der Waals surface area contributed by atoms with Gasteiger partial charge in [-0.3, -0.25) is 4.79 Å². The summed E-state index contributed by atoms with van der Waals surface area (Å²) in [5, 5.41) is 0. The lowest BCUT2D eigenvalue weighted by Gasteiger charge is -2.25. The average molecular weight is 185 g/mol. The van der Waals surface area contributed by atoms with E-state index in [1.807, 2.05) is 6.92 Å². The Hall–Kier alpha value is -0.570. The average Bonchev–Trinajstić information content (AvgIpc) is 2.55. The van der Waals surface area contributed by atoms with Gasteiger partial charge in [-0.1, -0.05) is 12.8 Å². The lowest BCUT2D eigenvalue weighted by atomic mass is 9.83. The monoisotopic (exact) mass is 185 g/mol. The molecule has 13 heavy (non-hydrogen) atoms. The summed E-state index contributed by atoms with van der Waals surface area (Å²) in [5.41, 5.74) is 5.29. The largest absolute Gasteiger partial charge is 0.466 e. The van der Waals surface area contributed by atoms with Crippen molar-refractivity contribution in [3.8, 4) is 0 Å². The van der Waals surface area contributed by atoms with Crippen molar-refractivity contribution >= 4 is 5.97 Å². The predicted molar refractivity (Wildman–Crippen MR) is 51.2 cm³/mol. The zero-order valence-electron chi connectivity index (χ0n) is 8.34. The third-order valence-electron chi connectivity index (χ3n) is 2.89. The van der Waals surface area contributed by atoms with Gasteiger partial charge in [-0.25, -0.2) is 0 Å². The van der Waals surface area contributed by atoms with Gasteiger partial charge >= 0.3 is 5.97 Å². The molecule has 0 aliphatic heterocycles. The molecule has 0 spiro atoms. The van der Waals surface area contributed by atoms with E-state index in [1.165, 1.54) is 0 Å². The van der Waals surface area contributed by atoms with E-state index in [9.17, 15) is 4.79 Å². The van der Waals surface area contributed by atoms with E-state index in [0.717, 1.165) is 32.1 Å². The zero-order chi connectivity index (χ0) is 9.73. The van der Waals surface area contributed by atoms with Crippen molar-refractivity contribution in [1.82, 2.24) is 0 Å². The number of ether oxygens (including phenoxy) is 1. The molecule has 0 bridgehead atoms. The second-order valence-corrected chi connectivity index (χ2v) is 3.75. The number of carbonyl (C=O) groups excluding carboxylic acids is 1. The molecule has 0 aromatic rings. The summed E-state index contributed by atoms with van der Waals surface area (Å²) >= 11 is 0. The number of hydrogen-bond donors (Lipinski definition) is 1. The second kappa shape index (κ2) is 4.61. The van der Waals surface area contributed by atoms with Crippen molar-refractivity contribution in [2.75, 3.05) is 13.2 Å². The molecule has 2 N–H and O–H groups in total. The van der Waals surface area contributed by atoms with Crippen LogP contribution in [0.4, 0.5) is 0 Å². The maximum Gasteiger partial charge on any atom is 0.312 e. The molecule has 3 nitrogen and oxygen atoms in total. The first-order chi connectivity index (χ1) is 6.25. The molecule has 0 unspecified atom stereocenters. The molecule has 1 aliphatic rings. The zero-order valence-corrected chi connectivity index (χ0v) is 8.34. The molecule has 0 atom stereocenters. The number of esters is 1. The number of carbonyl (C=O) groups is 1. The minimum atomic E-state index is -0.231. The lowest BCUT2D eigenvalue weighted by molar-refractivity contribution is -0.155. The number of hydrogen-bond acceptors (Lipinski definition) is 3. The molecule has 0 heterocycles. The van der Waals surface area contributed by atoms with Crippen molar-refractivity contribution in [3.05, 3.63) is 0 Å². The molecule has 0 aromatic heterocycles. The smallest absolute Gasteiger partial charge is 0.312 e. The van der Waals surface area contributed by atoms with Crippen LogP contribution in [-0.4, -0.2) is 19.1 Å². The Morgan fingerprint density at radius 3 is 2.54 bits per heavy atom. The van der Waals surface area contributed by atoms with E-state index in [2.05, 4.69) is 0 Å². The highest BCUT2D eigenvalue weighted by Gasteiger charge is 2.41. The Kier molecular flexibility index (Phi) is 3.72. The summed E-state index contributed by atoms with van der Waals surface area (Å²) in [5.74, 6) is -0.0297. The predicted octanol–water partition coefficient (Wildman–Crippen LogP) is 1.46. The first-order valence-electron chi connectivity index (χ1n) is 5.12. The fourth-order valence-electron chi connectivity index (χ4n) is 2.17. The van der Waals surface area contributed by atoms with E-state index in [0.29, 0.717) is 13.2 Å². The Labute approximate surface area is 79.6 Å². The molecule has 0 radical (unpaired) electrons. The van der Waals surface area contributed by atoms with Crippen molar-refractivity contribution in [2.45, 2.75) is 39.0 Å². The highest BCUT2D eigenvalue weighted by atomic mass is 16.5. The maximum absolute atomic E-state index is 11.7.